The molecule has 0 bridgehead atoms. The summed E-state index contributed by atoms with van der Waals surface area (Å²) in [5.74, 6) is -0.354. The first-order valence-electron chi connectivity index (χ1n) is 8.45. The lowest BCUT2D eigenvalue weighted by atomic mass is 10.1. The number of carbonyl (C=O) groups is 1. The second kappa shape index (κ2) is 7.21. The number of fused-ring (bicyclic) bond motifs is 1. The average molecular weight is 356 g/mol. The van der Waals surface area contributed by atoms with Crippen LogP contribution in [0.1, 0.15) is 15.9 Å². The lowest BCUT2D eigenvalue weighted by Crippen LogP contribution is -2.02. The first-order valence-corrected chi connectivity index (χ1v) is 8.45. The van der Waals surface area contributed by atoms with Crippen molar-refractivity contribution in [3.8, 4) is 11.4 Å². The molecule has 0 amide bonds. The topological polar surface area (TPSA) is 88.0 Å². The molecule has 0 unspecified atom stereocenters. The minimum Gasteiger partial charge on any atom is -0.478 e. The van der Waals surface area contributed by atoms with Crippen LogP contribution in [0.4, 0.5) is 5.69 Å². The van der Waals surface area contributed by atoms with Gasteiger partial charge in [-0.15, -0.1) is 10.2 Å². The van der Waals surface area contributed by atoms with E-state index in [9.17, 15) is 4.79 Å². The Balaban J connectivity index is 1.57. The van der Waals surface area contributed by atoms with Gasteiger partial charge in [-0.3, -0.25) is 0 Å². The number of anilines is 1. The molecule has 0 atom stereocenters. The number of nitrogens with one attached hydrogen (secondary N) is 1. The monoisotopic (exact) mass is 356 g/mol. The van der Waals surface area contributed by atoms with Gasteiger partial charge >= 0.3 is 5.97 Å². The Morgan fingerprint density at radius 3 is 2.56 bits per heavy atom. The fourth-order valence-corrected chi connectivity index (χ4v) is 2.77. The molecule has 0 fully saturated rings. The fraction of sp³-hybridized carbons (Fsp3) is 0.0476. The van der Waals surface area contributed by atoms with E-state index < -0.39 is 5.97 Å². The molecule has 0 spiro atoms. The molecule has 3 aromatic carbocycles. The summed E-state index contributed by atoms with van der Waals surface area (Å²) in [7, 11) is 0. The first-order chi connectivity index (χ1) is 13.2. The largest absolute Gasteiger partial charge is 0.478 e. The average Bonchev–Trinajstić information content (AvgIpc) is 2.72. The van der Waals surface area contributed by atoms with Crippen LogP contribution in [-0.2, 0) is 6.54 Å². The van der Waals surface area contributed by atoms with Crippen molar-refractivity contribution in [1.29, 1.82) is 0 Å². The van der Waals surface area contributed by atoms with Crippen LogP contribution < -0.4 is 5.32 Å². The van der Waals surface area contributed by atoms with Gasteiger partial charge in [0.2, 0.25) is 0 Å². The van der Waals surface area contributed by atoms with Crippen LogP contribution in [0.2, 0.25) is 0 Å². The Kier molecular flexibility index (Phi) is 4.45. The van der Waals surface area contributed by atoms with E-state index in [2.05, 4.69) is 20.5 Å². The second-order valence-electron chi connectivity index (χ2n) is 6.06. The highest BCUT2D eigenvalue weighted by Crippen LogP contribution is 2.20. The molecule has 0 radical (unpaired) electrons. The smallest absolute Gasteiger partial charge is 0.335 e. The predicted molar refractivity (Wildman–Crippen MR) is 103 cm³/mol. The Bertz CT molecular complexity index is 1110. The lowest BCUT2D eigenvalue weighted by Gasteiger charge is -2.08. The van der Waals surface area contributed by atoms with E-state index in [1.807, 2.05) is 54.6 Å². The van der Waals surface area contributed by atoms with Crippen LogP contribution in [-0.4, -0.2) is 26.3 Å². The standard InChI is InChI=1S/C21H16N4O2/c26-21(27)16-8-4-5-14(11-16)13-22-17-9-10-18-19(12-17)23-20(25-24-18)15-6-2-1-3-7-15/h1-12,22H,13H2,(H,26,27). The van der Waals surface area contributed by atoms with E-state index >= 15 is 0 Å². The predicted octanol–water partition coefficient (Wildman–Crippen LogP) is 4.00. The van der Waals surface area contributed by atoms with Gasteiger partial charge in [0.1, 0.15) is 5.52 Å². The maximum absolute atomic E-state index is 11.1. The summed E-state index contributed by atoms with van der Waals surface area (Å²) in [5, 5.41) is 20.8. The Hall–Kier alpha value is -3.80. The minimum absolute atomic E-state index is 0.275. The Morgan fingerprint density at radius 1 is 0.889 bits per heavy atom. The van der Waals surface area contributed by atoms with E-state index in [4.69, 9.17) is 5.11 Å². The number of aromatic carboxylic acids is 1. The summed E-state index contributed by atoms with van der Waals surface area (Å²) >= 11 is 0. The summed E-state index contributed by atoms with van der Waals surface area (Å²) < 4.78 is 0. The highest BCUT2D eigenvalue weighted by Gasteiger charge is 2.06. The molecule has 6 heteroatoms. The number of aromatic nitrogens is 3. The zero-order valence-electron chi connectivity index (χ0n) is 14.3. The summed E-state index contributed by atoms with van der Waals surface area (Å²) in [6.07, 6.45) is 0. The van der Waals surface area contributed by atoms with Crippen LogP contribution in [0.5, 0.6) is 0 Å². The molecule has 1 heterocycles. The van der Waals surface area contributed by atoms with Gasteiger partial charge in [0.25, 0.3) is 0 Å². The number of hydrogen-bond donors (Lipinski definition) is 2. The molecule has 0 aliphatic rings. The third kappa shape index (κ3) is 3.74. The van der Waals surface area contributed by atoms with Crippen molar-refractivity contribution in [2.45, 2.75) is 6.54 Å². The molecule has 0 saturated carbocycles. The molecular formula is C21H16N4O2. The van der Waals surface area contributed by atoms with Crippen molar-refractivity contribution in [2.24, 2.45) is 0 Å². The molecular weight excluding hydrogens is 340 g/mol. The fourth-order valence-electron chi connectivity index (χ4n) is 2.77. The zero-order valence-corrected chi connectivity index (χ0v) is 14.3. The van der Waals surface area contributed by atoms with Gasteiger partial charge < -0.3 is 10.4 Å². The third-order valence-electron chi connectivity index (χ3n) is 4.16. The third-order valence-corrected chi connectivity index (χ3v) is 4.16. The van der Waals surface area contributed by atoms with E-state index in [-0.39, 0.29) is 5.56 Å². The maximum atomic E-state index is 11.1. The van der Waals surface area contributed by atoms with Crippen LogP contribution in [0.25, 0.3) is 22.4 Å². The van der Waals surface area contributed by atoms with E-state index in [0.29, 0.717) is 17.9 Å². The molecule has 0 aliphatic carbocycles. The van der Waals surface area contributed by atoms with Crippen LogP contribution in [0.15, 0.2) is 72.8 Å². The van der Waals surface area contributed by atoms with Gasteiger partial charge in [0.15, 0.2) is 5.82 Å². The summed E-state index contributed by atoms with van der Waals surface area (Å²) in [6, 6.07) is 22.3. The molecule has 2 N–H and O–H groups in total. The van der Waals surface area contributed by atoms with Gasteiger partial charge in [0.05, 0.1) is 11.1 Å². The Labute approximate surface area is 155 Å². The molecule has 27 heavy (non-hydrogen) atoms. The van der Waals surface area contributed by atoms with Gasteiger partial charge in [-0.25, -0.2) is 9.78 Å². The summed E-state index contributed by atoms with van der Waals surface area (Å²) in [4.78, 5) is 15.7. The van der Waals surface area contributed by atoms with Crippen LogP contribution in [0, 0.1) is 0 Å². The minimum atomic E-state index is -0.932. The molecule has 6 nitrogen and oxygen atoms in total. The molecule has 0 aliphatic heterocycles. The number of benzene rings is 3. The second-order valence-corrected chi connectivity index (χ2v) is 6.06. The van der Waals surface area contributed by atoms with E-state index in [1.54, 1.807) is 18.2 Å². The van der Waals surface area contributed by atoms with Crippen molar-refractivity contribution >= 4 is 22.7 Å². The van der Waals surface area contributed by atoms with Crippen molar-refractivity contribution < 1.29 is 9.90 Å². The number of carboxylic acids is 1. The molecule has 1 aromatic heterocycles. The van der Waals surface area contributed by atoms with E-state index in [1.165, 1.54) is 0 Å². The first kappa shape index (κ1) is 16.7. The quantitative estimate of drug-likeness (QED) is 0.562. The van der Waals surface area contributed by atoms with Crippen LogP contribution in [0.3, 0.4) is 0 Å². The summed E-state index contributed by atoms with van der Waals surface area (Å²) in [6.45, 7) is 0.511. The molecule has 0 saturated heterocycles. The van der Waals surface area contributed by atoms with Crippen molar-refractivity contribution in [3.63, 3.8) is 0 Å². The molecule has 132 valence electrons. The van der Waals surface area contributed by atoms with Crippen molar-refractivity contribution in [2.75, 3.05) is 5.32 Å². The maximum Gasteiger partial charge on any atom is 0.335 e. The summed E-state index contributed by atoms with van der Waals surface area (Å²) in [5.41, 5.74) is 4.41. The van der Waals surface area contributed by atoms with Gasteiger partial charge in [-0.2, -0.15) is 0 Å². The molecule has 4 rings (SSSR count). The number of rotatable bonds is 5. The van der Waals surface area contributed by atoms with Crippen LogP contribution >= 0.6 is 0 Å². The normalized spacial score (nSPS) is 10.7. The number of nitrogens with zero attached hydrogens (tertiary/aromatic N) is 3. The Morgan fingerprint density at radius 2 is 1.74 bits per heavy atom. The SMILES string of the molecule is O=C(O)c1cccc(CNc2ccc3nnc(-c4ccccc4)nc3c2)c1. The van der Waals surface area contributed by atoms with Crippen molar-refractivity contribution in [3.05, 3.63) is 83.9 Å². The van der Waals surface area contributed by atoms with Gasteiger partial charge in [-0.1, -0.05) is 42.5 Å². The number of carboxylic acid groups (broad SMARTS) is 1. The number of hydrogen-bond acceptors (Lipinski definition) is 5. The zero-order chi connectivity index (χ0) is 18.6. The van der Waals surface area contributed by atoms with Gasteiger partial charge in [-0.05, 0) is 35.9 Å². The van der Waals surface area contributed by atoms with Crippen molar-refractivity contribution in [1.82, 2.24) is 15.2 Å². The van der Waals surface area contributed by atoms with E-state index in [0.717, 1.165) is 22.3 Å². The highest BCUT2D eigenvalue weighted by atomic mass is 16.4. The van der Waals surface area contributed by atoms with Gasteiger partial charge in [0, 0.05) is 17.8 Å². The highest BCUT2D eigenvalue weighted by molar-refractivity contribution is 5.87. The lowest BCUT2D eigenvalue weighted by molar-refractivity contribution is 0.0696. The molecule has 4 aromatic rings.